The van der Waals surface area contributed by atoms with Gasteiger partial charge in [0.05, 0.1) is 25.2 Å². The Bertz CT molecular complexity index is 672. The van der Waals surface area contributed by atoms with Crippen LogP contribution in [0.25, 0.3) is 0 Å². The van der Waals surface area contributed by atoms with Gasteiger partial charge in [-0.25, -0.2) is 4.98 Å². The normalized spacial score (nSPS) is 10.3. The van der Waals surface area contributed by atoms with E-state index in [0.717, 1.165) is 10.0 Å². The number of rotatable bonds is 7. The molecule has 0 aliphatic heterocycles. The maximum atomic E-state index is 11.2. The second-order valence-electron chi connectivity index (χ2n) is 4.55. The number of anilines is 1. The topological polar surface area (TPSA) is 86.5 Å². The number of hydrogen-bond donors (Lipinski definition) is 1. The van der Waals surface area contributed by atoms with E-state index in [1.165, 1.54) is 20.3 Å². The van der Waals surface area contributed by atoms with Gasteiger partial charge in [-0.3, -0.25) is 10.1 Å². The molecule has 1 aromatic carbocycles. The van der Waals surface area contributed by atoms with E-state index < -0.39 is 4.92 Å². The summed E-state index contributed by atoms with van der Waals surface area (Å²) in [6.45, 7) is 2.52. The molecule has 0 bridgehead atoms. The van der Waals surface area contributed by atoms with Crippen LogP contribution in [0.2, 0.25) is 0 Å². The van der Waals surface area contributed by atoms with Crippen LogP contribution in [-0.2, 0) is 6.42 Å². The lowest BCUT2D eigenvalue weighted by molar-refractivity contribution is -0.385. The number of nitro groups is 1. The van der Waals surface area contributed by atoms with Crippen molar-refractivity contribution in [1.29, 1.82) is 0 Å². The highest BCUT2D eigenvalue weighted by Gasteiger charge is 2.19. The van der Waals surface area contributed by atoms with E-state index in [-0.39, 0.29) is 5.69 Å². The molecule has 22 heavy (non-hydrogen) atoms. The third kappa shape index (κ3) is 3.64. The first-order valence-electron chi connectivity index (χ1n) is 6.60. The average Bonchev–Trinajstić information content (AvgIpc) is 2.91. The Morgan fingerprint density at radius 3 is 2.55 bits per heavy atom. The predicted molar refractivity (Wildman–Crippen MR) is 85.2 cm³/mol. The third-order valence-corrected chi connectivity index (χ3v) is 3.94. The first-order chi connectivity index (χ1) is 10.5. The van der Waals surface area contributed by atoms with Gasteiger partial charge in [-0.2, -0.15) is 0 Å². The van der Waals surface area contributed by atoms with E-state index in [9.17, 15) is 10.1 Å². The van der Waals surface area contributed by atoms with Crippen molar-refractivity contribution in [2.24, 2.45) is 0 Å². The smallest absolute Gasteiger partial charge is 0.276 e. The summed E-state index contributed by atoms with van der Waals surface area (Å²) in [7, 11) is 2.96. The molecule has 0 saturated heterocycles. The number of nitrogens with zero attached hydrogens (tertiary/aromatic N) is 2. The highest BCUT2D eigenvalue weighted by molar-refractivity contribution is 7.15. The van der Waals surface area contributed by atoms with Crippen LogP contribution in [0.4, 0.5) is 10.8 Å². The van der Waals surface area contributed by atoms with Crippen LogP contribution in [-0.4, -0.2) is 30.7 Å². The van der Waals surface area contributed by atoms with Crippen molar-refractivity contribution in [2.45, 2.75) is 13.3 Å². The number of nitro benzene ring substituents is 1. The number of nitrogens with one attached hydrogen (secondary N) is 1. The maximum absolute atomic E-state index is 11.2. The Balaban J connectivity index is 2.15. The fourth-order valence-corrected chi connectivity index (χ4v) is 2.71. The van der Waals surface area contributed by atoms with Crippen LogP contribution in [0.3, 0.4) is 0 Å². The average molecular weight is 323 g/mol. The summed E-state index contributed by atoms with van der Waals surface area (Å²) in [5.41, 5.74) is 0.609. The monoisotopic (exact) mass is 323 g/mol. The zero-order valence-corrected chi connectivity index (χ0v) is 13.4. The third-order valence-electron chi connectivity index (χ3n) is 3.07. The molecule has 0 amide bonds. The minimum atomic E-state index is -0.412. The molecular weight excluding hydrogens is 306 g/mol. The molecule has 1 N–H and O–H groups in total. The predicted octanol–water partition coefficient (Wildman–Crippen LogP) is 3.03. The number of ether oxygens (including phenoxy) is 2. The van der Waals surface area contributed by atoms with Gasteiger partial charge in [0, 0.05) is 23.2 Å². The molecule has 118 valence electrons. The Hall–Kier alpha value is -2.35. The summed E-state index contributed by atoms with van der Waals surface area (Å²) in [4.78, 5) is 16.1. The fourth-order valence-electron chi connectivity index (χ4n) is 2.02. The van der Waals surface area contributed by atoms with E-state index in [1.54, 1.807) is 23.6 Å². The molecule has 0 radical (unpaired) electrons. The molecular formula is C14H17N3O4S. The van der Waals surface area contributed by atoms with Gasteiger partial charge < -0.3 is 14.8 Å². The summed E-state index contributed by atoms with van der Waals surface area (Å²) in [6.07, 6.45) is 2.27. The molecule has 1 heterocycles. The van der Waals surface area contributed by atoms with E-state index in [4.69, 9.17) is 9.47 Å². The number of aromatic nitrogens is 1. The van der Waals surface area contributed by atoms with Crippen LogP contribution in [0.5, 0.6) is 11.5 Å². The SMILES string of the molecule is COc1cc(CCNc2ncc(C)s2)c([N+](=O)[O-])cc1OC. The molecule has 0 aliphatic rings. The standard InChI is InChI=1S/C14H17N3O4S/c1-9-8-16-14(22-9)15-5-4-10-6-12(20-2)13(21-3)7-11(10)17(18)19/h6-8H,4-5H2,1-3H3,(H,15,16). The van der Waals surface area contributed by atoms with Gasteiger partial charge in [-0.1, -0.05) is 0 Å². The second-order valence-corrected chi connectivity index (χ2v) is 5.78. The van der Waals surface area contributed by atoms with E-state index in [0.29, 0.717) is 30.0 Å². The number of benzene rings is 1. The lowest BCUT2D eigenvalue weighted by Gasteiger charge is -2.10. The van der Waals surface area contributed by atoms with Crippen molar-refractivity contribution in [1.82, 2.24) is 4.98 Å². The lowest BCUT2D eigenvalue weighted by atomic mass is 10.1. The summed E-state index contributed by atoms with van der Waals surface area (Å²) in [6, 6.07) is 3.04. The molecule has 8 heteroatoms. The first-order valence-corrected chi connectivity index (χ1v) is 7.42. The molecule has 0 saturated carbocycles. The number of aryl methyl sites for hydroxylation is 1. The van der Waals surface area contributed by atoms with E-state index in [1.807, 2.05) is 6.92 Å². The highest BCUT2D eigenvalue weighted by atomic mass is 32.1. The zero-order valence-electron chi connectivity index (χ0n) is 12.6. The Labute approximate surface area is 132 Å². The lowest BCUT2D eigenvalue weighted by Crippen LogP contribution is -2.07. The first kappa shape index (κ1) is 16.0. The molecule has 2 rings (SSSR count). The Morgan fingerprint density at radius 2 is 2.00 bits per heavy atom. The van der Waals surface area contributed by atoms with Crippen molar-refractivity contribution in [3.05, 3.63) is 38.9 Å². The zero-order chi connectivity index (χ0) is 16.1. The van der Waals surface area contributed by atoms with E-state index >= 15 is 0 Å². The molecule has 0 atom stereocenters. The molecule has 1 aromatic heterocycles. The van der Waals surface area contributed by atoms with Crippen molar-refractivity contribution in [3.63, 3.8) is 0 Å². The van der Waals surface area contributed by atoms with Crippen LogP contribution >= 0.6 is 11.3 Å². The van der Waals surface area contributed by atoms with Crippen LogP contribution in [0, 0.1) is 17.0 Å². The van der Waals surface area contributed by atoms with Gasteiger partial charge >= 0.3 is 0 Å². The molecule has 0 spiro atoms. The Morgan fingerprint density at radius 1 is 1.32 bits per heavy atom. The molecule has 0 unspecified atom stereocenters. The molecule has 7 nitrogen and oxygen atoms in total. The van der Waals surface area contributed by atoms with Gasteiger partial charge in [-0.05, 0) is 19.4 Å². The second kappa shape index (κ2) is 7.08. The number of hydrogen-bond acceptors (Lipinski definition) is 7. The van der Waals surface area contributed by atoms with E-state index in [2.05, 4.69) is 10.3 Å². The van der Waals surface area contributed by atoms with Crippen LogP contribution < -0.4 is 14.8 Å². The Kier molecular flexibility index (Phi) is 5.16. The minimum absolute atomic E-state index is 0.0229. The van der Waals surface area contributed by atoms with Crippen molar-refractivity contribution in [2.75, 3.05) is 26.1 Å². The molecule has 2 aromatic rings. The summed E-state index contributed by atoms with van der Waals surface area (Å²) in [5.74, 6) is 0.828. The van der Waals surface area contributed by atoms with Crippen LogP contribution in [0.15, 0.2) is 18.3 Å². The van der Waals surface area contributed by atoms with Crippen molar-refractivity contribution >= 4 is 22.2 Å². The molecule has 0 aliphatic carbocycles. The largest absolute Gasteiger partial charge is 0.493 e. The summed E-state index contributed by atoms with van der Waals surface area (Å²) < 4.78 is 10.3. The van der Waals surface area contributed by atoms with Gasteiger partial charge in [0.25, 0.3) is 5.69 Å². The number of thiazole rings is 1. The highest BCUT2D eigenvalue weighted by Crippen LogP contribution is 2.34. The summed E-state index contributed by atoms with van der Waals surface area (Å²) >= 11 is 1.55. The van der Waals surface area contributed by atoms with Gasteiger partial charge in [-0.15, -0.1) is 11.3 Å². The van der Waals surface area contributed by atoms with Crippen LogP contribution in [0.1, 0.15) is 10.4 Å². The quantitative estimate of drug-likeness (QED) is 0.622. The minimum Gasteiger partial charge on any atom is -0.493 e. The van der Waals surface area contributed by atoms with Gasteiger partial charge in [0.2, 0.25) is 0 Å². The fraction of sp³-hybridized carbons (Fsp3) is 0.357. The van der Waals surface area contributed by atoms with Gasteiger partial charge in [0.15, 0.2) is 16.6 Å². The van der Waals surface area contributed by atoms with Crippen molar-refractivity contribution < 1.29 is 14.4 Å². The molecule has 0 fully saturated rings. The van der Waals surface area contributed by atoms with Gasteiger partial charge in [0.1, 0.15) is 0 Å². The number of methoxy groups -OCH3 is 2. The maximum Gasteiger partial charge on any atom is 0.276 e. The van der Waals surface area contributed by atoms with Crippen molar-refractivity contribution in [3.8, 4) is 11.5 Å². The summed E-state index contributed by atoms with van der Waals surface area (Å²) in [5, 5.41) is 15.2.